The number of furan rings is 2. The van der Waals surface area contributed by atoms with E-state index in [2.05, 4.69) is 6.07 Å². The van der Waals surface area contributed by atoms with Crippen LogP contribution >= 0.6 is 0 Å². The average Bonchev–Trinajstić information content (AvgIpc) is 4.02. The molecule has 62 heavy (non-hydrogen) atoms. The topological polar surface area (TPSA) is 59.9 Å². The molecular weight excluding hydrogens is 801 g/mol. The maximum Gasteiger partial charge on any atom is 0.417 e. The molecule has 0 saturated carbocycles. The van der Waals surface area contributed by atoms with Crippen LogP contribution in [0.3, 0.4) is 0 Å². The number of halogens is 6. The van der Waals surface area contributed by atoms with E-state index in [0.29, 0.717) is 67.3 Å². The number of rotatable bonds is 3. The van der Waals surface area contributed by atoms with Gasteiger partial charge < -0.3 is 18.0 Å². The highest BCUT2D eigenvalue weighted by Gasteiger charge is 2.41. The average molecular weight is 826 g/mol. The molecule has 0 amide bonds. The number of benzene rings is 8. The first-order chi connectivity index (χ1) is 30.0. The summed E-state index contributed by atoms with van der Waals surface area (Å²) in [6.07, 6.45) is -10.4. The predicted octanol–water partition coefficient (Wildman–Crippen LogP) is 15.3. The van der Waals surface area contributed by atoms with E-state index in [0.717, 1.165) is 38.4 Å². The monoisotopic (exact) mass is 825 g/mol. The fraction of sp³-hybridized carbons (Fsp3) is 0.0392. The minimum absolute atomic E-state index is 0.00621. The SMILES string of the molecule is N#Cc1c(-n2c3ccccc3c3ccc4oc5ccccc5c4c32)cc(-c2c(C(F)(F)F)cccc2C(F)(F)F)cc1-n1c2ccccc2c2ccc3oc4ccccc4c3c21. The summed E-state index contributed by atoms with van der Waals surface area (Å²) >= 11 is 0. The normalized spacial score (nSPS) is 12.7. The van der Waals surface area contributed by atoms with Crippen molar-refractivity contribution in [3.8, 4) is 28.6 Å². The molecule has 0 saturated heterocycles. The molecule has 0 bridgehead atoms. The first-order valence-electron chi connectivity index (χ1n) is 19.5. The number of fused-ring (bicyclic) bond motifs is 14. The summed E-state index contributed by atoms with van der Waals surface area (Å²) in [5.41, 5.74) is 0.239. The Bertz CT molecular complexity index is 3690. The van der Waals surface area contributed by atoms with Crippen LogP contribution in [-0.4, -0.2) is 9.13 Å². The quantitative estimate of drug-likeness (QED) is 0.167. The van der Waals surface area contributed by atoms with Crippen LogP contribution in [-0.2, 0) is 12.4 Å². The van der Waals surface area contributed by atoms with E-state index in [1.54, 1.807) is 21.3 Å². The van der Waals surface area contributed by atoms with Gasteiger partial charge in [-0.05, 0) is 78.4 Å². The van der Waals surface area contributed by atoms with Gasteiger partial charge >= 0.3 is 12.4 Å². The van der Waals surface area contributed by atoms with Crippen LogP contribution in [0.2, 0.25) is 0 Å². The minimum Gasteiger partial charge on any atom is -0.456 e. The zero-order chi connectivity index (χ0) is 42.2. The van der Waals surface area contributed by atoms with Gasteiger partial charge in [0.15, 0.2) is 0 Å². The summed E-state index contributed by atoms with van der Waals surface area (Å²) < 4.78 is 107. The standard InChI is InChI=1S/C51H25F6N3O2/c52-50(53,54)35-14-9-15-36(51(55,56)57)45(35)27-24-39(59-37-16-5-1-10-28(37)30-20-22-43-46(48(30)59)32-12-3-7-18-41(32)61-43)34(26-58)40(25-27)60-38-17-6-2-11-29(38)31-21-23-44-47(49(31)60)33-13-4-8-19-42(33)62-44/h1-25H. The molecule has 0 radical (unpaired) electrons. The Hall–Kier alpha value is -7.97. The van der Waals surface area contributed by atoms with Crippen LogP contribution in [0.5, 0.6) is 0 Å². The Balaban J connectivity index is 1.34. The second-order valence-corrected chi connectivity index (χ2v) is 15.3. The van der Waals surface area contributed by atoms with E-state index < -0.39 is 29.0 Å². The Morgan fingerprint density at radius 1 is 0.435 bits per heavy atom. The molecule has 0 unspecified atom stereocenters. The molecular formula is C51H25F6N3O2. The number of hydrogen-bond donors (Lipinski definition) is 0. The second kappa shape index (κ2) is 12.5. The number of aromatic nitrogens is 2. The molecule has 0 aliphatic carbocycles. The largest absolute Gasteiger partial charge is 0.456 e. The minimum atomic E-state index is -5.19. The molecule has 0 aliphatic rings. The lowest BCUT2D eigenvalue weighted by atomic mass is 9.91. The number of para-hydroxylation sites is 4. The van der Waals surface area contributed by atoms with Crippen LogP contribution in [0.25, 0.3) is 110 Å². The Kier molecular flexibility index (Phi) is 7.26. The molecule has 4 heterocycles. The molecule has 0 fully saturated rings. The lowest BCUT2D eigenvalue weighted by Crippen LogP contribution is -2.15. The Morgan fingerprint density at radius 3 is 1.29 bits per heavy atom. The van der Waals surface area contributed by atoms with Crippen molar-refractivity contribution < 1.29 is 35.2 Å². The van der Waals surface area contributed by atoms with Crippen molar-refractivity contribution in [1.82, 2.24) is 9.13 Å². The molecule has 5 nitrogen and oxygen atoms in total. The van der Waals surface area contributed by atoms with Gasteiger partial charge in [0.25, 0.3) is 0 Å². The summed E-state index contributed by atoms with van der Waals surface area (Å²) in [6, 6.07) is 44.0. The number of hydrogen-bond acceptors (Lipinski definition) is 3. The lowest BCUT2D eigenvalue weighted by molar-refractivity contribution is -0.142. The van der Waals surface area contributed by atoms with Crippen molar-refractivity contribution >= 4 is 87.5 Å². The zero-order valence-electron chi connectivity index (χ0n) is 31.9. The lowest BCUT2D eigenvalue weighted by Gasteiger charge is -2.22. The zero-order valence-corrected chi connectivity index (χ0v) is 31.9. The van der Waals surface area contributed by atoms with Crippen LogP contribution in [0, 0.1) is 11.3 Å². The van der Waals surface area contributed by atoms with E-state index in [1.807, 2.05) is 109 Å². The van der Waals surface area contributed by atoms with Crippen molar-refractivity contribution in [3.63, 3.8) is 0 Å². The molecule has 0 atom stereocenters. The van der Waals surface area contributed by atoms with Crippen molar-refractivity contribution in [3.05, 3.63) is 168 Å². The Morgan fingerprint density at radius 2 is 0.855 bits per heavy atom. The highest BCUT2D eigenvalue weighted by atomic mass is 19.4. The highest BCUT2D eigenvalue weighted by Crippen LogP contribution is 2.49. The van der Waals surface area contributed by atoms with Gasteiger partial charge in [-0.2, -0.15) is 31.6 Å². The molecule has 12 aromatic rings. The summed E-state index contributed by atoms with van der Waals surface area (Å²) in [4.78, 5) is 0. The van der Waals surface area contributed by atoms with Gasteiger partial charge in [-0.1, -0.05) is 78.9 Å². The van der Waals surface area contributed by atoms with Gasteiger partial charge in [0.2, 0.25) is 0 Å². The number of alkyl halides is 6. The van der Waals surface area contributed by atoms with Crippen LogP contribution in [0.1, 0.15) is 16.7 Å². The molecule has 0 aliphatic heterocycles. The molecule has 4 aromatic heterocycles. The van der Waals surface area contributed by atoms with Gasteiger partial charge in [-0.3, -0.25) is 0 Å². The molecule has 298 valence electrons. The predicted molar refractivity (Wildman–Crippen MR) is 230 cm³/mol. The van der Waals surface area contributed by atoms with Crippen LogP contribution in [0.4, 0.5) is 26.3 Å². The third-order valence-corrected chi connectivity index (χ3v) is 12.0. The van der Waals surface area contributed by atoms with Crippen molar-refractivity contribution in [2.24, 2.45) is 0 Å². The molecule has 8 aromatic carbocycles. The van der Waals surface area contributed by atoms with Crippen LogP contribution in [0.15, 0.2) is 160 Å². The third-order valence-electron chi connectivity index (χ3n) is 12.0. The fourth-order valence-electron chi connectivity index (χ4n) is 9.59. The van der Waals surface area contributed by atoms with Gasteiger partial charge in [-0.25, -0.2) is 0 Å². The van der Waals surface area contributed by atoms with Gasteiger partial charge in [0.05, 0.1) is 55.3 Å². The summed E-state index contributed by atoms with van der Waals surface area (Å²) in [7, 11) is 0. The smallest absolute Gasteiger partial charge is 0.417 e. The van der Waals surface area contributed by atoms with Gasteiger partial charge in [0.1, 0.15) is 34.0 Å². The number of nitriles is 1. The first kappa shape index (κ1) is 35.9. The van der Waals surface area contributed by atoms with E-state index in [4.69, 9.17) is 8.83 Å². The van der Waals surface area contributed by atoms with E-state index in [1.165, 1.54) is 12.1 Å². The van der Waals surface area contributed by atoms with E-state index >= 15 is 26.3 Å². The second-order valence-electron chi connectivity index (χ2n) is 15.3. The Labute approximate surface area is 345 Å². The fourth-order valence-corrected chi connectivity index (χ4v) is 9.59. The summed E-state index contributed by atoms with van der Waals surface area (Å²) in [5.74, 6) is 0. The van der Waals surface area contributed by atoms with Crippen molar-refractivity contribution in [1.29, 1.82) is 5.26 Å². The third kappa shape index (κ3) is 4.92. The van der Waals surface area contributed by atoms with Gasteiger partial charge in [0, 0.05) is 37.9 Å². The molecule has 12 rings (SSSR count). The molecule has 11 heteroatoms. The van der Waals surface area contributed by atoms with E-state index in [9.17, 15) is 5.26 Å². The van der Waals surface area contributed by atoms with Crippen molar-refractivity contribution in [2.45, 2.75) is 12.4 Å². The van der Waals surface area contributed by atoms with Crippen LogP contribution < -0.4 is 0 Å². The van der Waals surface area contributed by atoms with E-state index in [-0.39, 0.29) is 22.5 Å². The highest BCUT2D eigenvalue weighted by molar-refractivity contribution is 6.26. The first-order valence-corrected chi connectivity index (χ1v) is 19.5. The van der Waals surface area contributed by atoms with Crippen molar-refractivity contribution in [2.75, 3.05) is 0 Å². The van der Waals surface area contributed by atoms with Gasteiger partial charge in [-0.15, -0.1) is 0 Å². The maximum absolute atomic E-state index is 15.2. The molecule has 0 spiro atoms. The number of nitrogens with zero attached hydrogens (tertiary/aromatic N) is 3. The maximum atomic E-state index is 15.2. The summed E-state index contributed by atoms with van der Waals surface area (Å²) in [5, 5.41) is 17.3. The molecule has 0 N–H and O–H groups in total. The summed E-state index contributed by atoms with van der Waals surface area (Å²) in [6.45, 7) is 0.